The zero-order valence-electron chi connectivity index (χ0n) is 17.2. The van der Waals surface area contributed by atoms with Crippen LogP contribution in [0, 0.1) is 12.7 Å². The molecule has 0 aliphatic heterocycles. The van der Waals surface area contributed by atoms with Gasteiger partial charge in [-0.1, -0.05) is 30.3 Å². The summed E-state index contributed by atoms with van der Waals surface area (Å²) in [7, 11) is 4.07. The number of rotatable bonds is 9. The van der Waals surface area contributed by atoms with Crippen molar-refractivity contribution < 1.29 is 13.9 Å². The van der Waals surface area contributed by atoms with Crippen LogP contribution < -0.4 is 4.74 Å². The van der Waals surface area contributed by atoms with Crippen LogP contribution in [0.2, 0.25) is 0 Å². The summed E-state index contributed by atoms with van der Waals surface area (Å²) >= 11 is 0. The zero-order valence-corrected chi connectivity index (χ0v) is 17.2. The van der Waals surface area contributed by atoms with Gasteiger partial charge in [-0.2, -0.15) is 0 Å². The first-order valence-electron chi connectivity index (χ1n) is 9.76. The number of ether oxygens (including phenoxy) is 1. The fourth-order valence-electron chi connectivity index (χ4n) is 3.44. The van der Waals surface area contributed by atoms with Gasteiger partial charge in [0.25, 0.3) is 0 Å². The van der Waals surface area contributed by atoms with Crippen molar-refractivity contribution in [1.29, 1.82) is 0 Å². The molecule has 1 aromatic heterocycles. The average Bonchev–Trinajstić information content (AvgIpc) is 3.02. The van der Waals surface area contributed by atoms with Gasteiger partial charge in [0.1, 0.15) is 18.2 Å². The van der Waals surface area contributed by atoms with E-state index in [4.69, 9.17) is 4.74 Å². The second kappa shape index (κ2) is 9.52. The monoisotopic (exact) mass is 394 g/mol. The van der Waals surface area contributed by atoms with Crippen molar-refractivity contribution in [1.82, 2.24) is 9.47 Å². The van der Waals surface area contributed by atoms with Gasteiger partial charge in [0.15, 0.2) is 6.29 Å². The predicted molar refractivity (Wildman–Crippen MR) is 114 cm³/mol. The molecule has 0 amide bonds. The minimum Gasteiger partial charge on any atom is -0.488 e. The Kier molecular flexibility index (Phi) is 6.83. The van der Waals surface area contributed by atoms with E-state index < -0.39 is 0 Å². The number of nitrogens with zero attached hydrogens (tertiary/aromatic N) is 2. The summed E-state index contributed by atoms with van der Waals surface area (Å²) in [6, 6.07) is 14.4. The summed E-state index contributed by atoms with van der Waals surface area (Å²) in [6.45, 7) is 3.97. The van der Waals surface area contributed by atoms with E-state index >= 15 is 0 Å². The van der Waals surface area contributed by atoms with Gasteiger partial charge in [0.2, 0.25) is 0 Å². The lowest BCUT2D eigenvalue weighted by molar-refractivity contribution is 0.112. The minimum absolute atomic E-state index is 0.345. The maximum atomic E-state index is 14.0. The smallest absolute Gasteiger partial charge is 0.151 e. The summed E-state index contributed by atoms with van der Waals surface area (Å²) in [5.41, 5.74) is 4.21. The third-order valence-corrected chi connectivity index (χ3v) is 4.94. The largest absolute Gasteiger partial charge is 0.488 e. The van der Waals surface area contributed by atoms with Crippen LogP contribution in [-0.4, -0.2) is 36.4 Å². The summed E-state index contributed by atoms with van der Waals surface area (Å²) in [5.74, 6) is 0.122. The molecular weight excluding hydrogens is 367 g/mol. The van der Waals surface area contributed by atoms with Gasteiger partial charge in [-0.3, -0.25) is 4.79 Å². The van der Waals surface area contributed by atoms with Crippen LogP contribution in [0.5, 0.6) is 5.75 Å². The molecule has 0 aliphatic rings. The van der Waals surface area contributed by atoms with Crippen molar-refractivity contribution in [2.24, 2.45) is 0 Å². The van der Waals surface area contributed by atoms with E-state index in [9.17, 15) is 9.18 Å². The SMILES string of the molecule is Cc1c(C=O)cn(CCCN(C)C)c1-c1ccc(F)cc1OCc1ccccc1. The molecular formula is C24H27FN2O2. The highest BCUT2D eigenvalue weighted by Crippen LogP contribution is 2.35. The lowest BCUT2D eigenvalue weighted by atomic mass is 10.0. The molecule has 0 bridgehead atoms. The summed E-state index contributed by atoms with van der Waals surface area (Å²) in [5, 5.41) is 0. The molecule has 0 radical (unpaired) electrons. The van der Waals surface area contributed by atoms with Gasteiger partial charge in [0.05, 0.1) is 5.69 Å². The highest BCUT2D eigenvalue weighted by molar-refractivity contribution is 5.84. The first-order valence-corrected chi connectivity index (χ1v) is 9.76. The molecule has 0 aliphatic carbocycles. The zero-order chi connectivity index (χ0) is 20.8. The van der Waals surface area contributed by atoms with Gasteiger partial charge in [0, 0.05) is 29.9 Å². The molecule has 5 heteroatoms. The Morgan fingerprint density at radius 2 is 1.90 bits per heavy atom. The molecule has 0 spiro atoms. The fourth-order valence-corrected chi connectivity index (χ4v) is 3.44. The lowest BCUT2D eigenvalue weighted by Gasteiger charge is -2.16. The Bertz CT molecular complexity index is 965. The number of hydrogen-bond donors (Lipinski definition) is 0. The number of hydrogen-bond acceptors (Lipinski definition) is 3. The van der Waals surface area contributed by atoms with Crippen LogP contribution in [0.3, 0.4) is 0 Å². The number of carbonyl (C=O) groups is 1. The van der Waals surface area contributed by atoms with E-state index in [0.29, 0.717) is 17.9 Å². The molecule has 0 saturated carbocycles. The van der Waals surface area contributed by atoms with E-state index in [1.807, 2.05) is 57.5 Å². The molecule has 3 aromatic rings. The second-order valence-corrected chi connectivity index (χ2v) is 7.44. The van der Waals surface area contributed by atoms with Gasteiger partial charge in [-0.05, 0) is 57.2 Å². The van der Waals surface area contributed by atoms with Crippen LogP contribution >= 0.6 is 0 Å². The predicted octanol–water partition coefficient (Wildman–Crippen LogP) is 4.95. The van der Waals surface area contributed by atoms with Crippen LogP contribution in [0.1, 0.15) is 27.9 Å². The van der Waals surface area contributed by atoms with Gasteiger partial charge in [-0.25, -0.2) is 4.39 Å². The Labute approximate surface area is 171 Å². The molecule has 0 atom stereocenters. The highest BCUT2D eigenvalue weighted by Gasteiger charge is 2.18. The molecule has 0 fully saturated rings. The van der Waals surface area contributed by atoms with Gasteiger partial charge < -0.3 is 14.2 Å². The third kappa shape index (κ3) is 5.12. The van der Waals surface area contributed by atoms with E-state index in [1.165, 1.54) is 12.1 Å². The highest BCUT2D eigenvalue weighted by atomic mass is 19.1. The number of aryl methyl sites for hydroxylation is 1. The van der Waals surface area contributed by atoms with Gasteiger partial charge >= 0.3 is 0 Å². The third-order valence-electron chi connectivity index (χ3n) is 4.94. The molecule has 0 saturated heterocycles. The molecule has 3 rings (SSSR count). The first-order chi connectivity index (χ1) is 14.0. The van der Waals surface area contributed by atoms with E-state index in [2.05, 4.69) is 9.47 Å². The number of carbonyl (C=O) groups excluding carboxylic acids is 1. The van der Waals surface area contributed by atoms with Crippen molar-refractivity contribution in [3.05, 3.63) is 77.2 Å². The molecule has 0 N–H and O–H groups in total. The van der Waals surface area contributed by atoms with Crippen LogP contribution in [0.15, 0.2) is 54.7 Å². The molecule has 29 heavy (non-hydrogen) atoms. The quantitative estimate of drug-likeness (QED) is 0.482. The molecule has 152 valence electrons. The maximum absolute atomic E-state index is 14.0. The average molecular weight is 394 g/mol. The molecule has 4 nitrogen and oxygen atoms in total. The topological polar surface area (TPSA) is 34.5 Å². The standard InChI is InChI=1S/C24H27FN2O2/c1-18-20(16-28)15-27(13-7-12-26(2)3)24(18)22-11-10-21(25)14-23(22)29-17-19-8-5-4-6-9-19/h4-6,8-11,14-16H,7,12-13,17H2,1-3H3. The summed E-state index contributed by atoms with van der Waals surface area (Å²) in [4.78, 5) is 13.7. The van der Waals surface area contributed by atoms with Crippen LogP contribution in [0.25, 0.3) is 11.3 Å². The Balaban J connectivity index is 1.96. The number of aromatic nitrogens is 1. The first kappa shape index (κ1) is 20.8. The number of benzene rings is 2. The summed E-state index contributed by atoms with van der Waals surface area (Å²) < 4.78 is 22.1. The van der Waals surface area contributed by atoms with Crippen molar-refractivity contribution in [3.8, 4) is 17.0 Å². The van der Waals surface area contributed by atoms with E-state index in [-0.39, 0.29) is 5.82 Å². The minimum atomic E-state index is -0.351. The molecule has 2 aromatic carbocycles. The fraction of sp³-hybridized carbons (Fsp3) is 0.292. The van der Waals surface area contributed by atoms with E-state index in [1.54, 1.807) is 6.07 Å². The van der Waals surface area contributed by atoms with E-state index in [0.717, 1.165) is 48.2 Å². The second-order valence-electron chi connectivity index (χ2n) is 7.44. The van der Waals surface area contributed by atoms with Crippen molar-refractivity contribution >= 4 is 6.29 Å². The maximum Gasteiger partial charge on any atom is 0.151 e. The molecule has 0 unspecified atom stereocenters. The van der Waals surface area contributed by atoms with Crippen molar-refractivity contribution in [3.63, 3.8) is 0 Å². The normalized spacial score (nSPS) is 11.1. The van der Waals surface area contributed by atoms with Crippen LogP contribution in [0.4, 0.5) is 4.39 Å². The van der Waals surface area contributed by atoms with Crippen LogP contribution in [-0.2, 0) is 13.2 Å². The Hall–Kier alpha value is -2.92. The lowest BCUT2D eigenvalue weighted by Crippen LogP contribution is -2.15. The molecule has 1 heterocycles. The van der Waals surface area contributed by atoms with Crippen molar-refractivity contribution in [2.45, 2.75) is 26.5 Å². The van der Waals surface area contributed by atoms with Crippen molar-refractivity contribution in [2.75, 3.05) is 20.6 Å². The number of aldehydes is 1. The van der Waals surface area contributed by atoms with Gasteiger partial charge in [-0.15, -0.1) is 0 Å². The Morgan fingerprint density at radius 1 is 1.14 bits per heavy atom. The number of halogens is 1. The Morgan fingerprint density at radius 3 is 2.59 bits per heavy atom. The summed E-state index contributed by atoms with van der Waals surface area (Å²) in [6.07, 6.45) is 3.68.